The molecule has 1 aliphatic carbocycles. The molecule has 1 saturated carbocycles. The van der Waals surface area contributed by atoms with Gasteiger partial charge in [0.2, 0.25) is 0 Å². The molecule has 3 heteroatoms. The first-order valence-corrected chi connectivity index (χ1v) is 4.96. The maximum Gasteiger partial charge on any atom is 0.126 e. The molecule has 0 atom stereocenters. The van der Waals surface area contributed by atoms with Gasteiger partial charge in [-0.15, -0.1) is 0 Å². The van der Waals surface area contributed by atoms with Gasteiger partial charge in [-0.3, -0.25) is 0 Å². The van der Waals surface area contributed by atoms with E-state index in [-0.39, 0.29) is 5.54 Å². The zero-order valence-electron chi connectivity index (χ0n) is 7.68. The number of pyridine rings is 1. The Hall–Kier alpha value is -0.760. The topological polar surface area (TPSA) is 24.9 Å². The van der Waals surface area contributed by atoms with Crippen LogP contribution in [0.1, 0.15) is 26.2 Å². The van der Waals surface area contributed by atoms with E-state index in [4.69, 9.17) is 11.6 Å². The van der Waals surface area contributed by atoms with Gasteiger partial charge in [0.15, 0.2) is 0 Å². The molecular weight excluding hydrogens is 184 g/mol. The molecule has 0 saturated heterocycles. The van der Waals surface area contributed by atoms with Crippen molar-refractivity contribution in [2.75, 3.05) is 5.32 Å². The summed E-state index contributed by atoms with van der Waals surface area (Å²) in [6.45, 7) is 2.23. The molecule has 1 heterocycles. The average Bonchev–Trinajstić information content (AvgIpc) is 2.06. The van der Waals surface area contributed by atoms with Crippen molar-refractivity contribution in [3.8, 4) is 0 Å². The third-order valence-corrected chi connectivity index (χ3v) is 2.84. The van der Waals surface area contributed by atoms with Crippen molar-refractivity contribution in [2.45, 2.75) is 31.7 Å². The minimum Gasteiger partial charge on any atom is -0.365 e. The van der Waals surface area contributed by atoms with Gasteiger partial charge in [0.25, 0.3) is 0 Å². The van der Waals surface area contributed by atoms with Crippen molar-refractivity contribution in [3.05, 3.63) is 23.4 Å². The van der Waals surface area contributed by atoms with Crippen LogP contribution in [0.2, 0.25) is 5.02 Å². The number of halogens is 1. The normalized spacial score (nSPS) is 19.2. The molecule has 1 aromatic rings. The highest BCUT2D eigenvalue weighted by atomic mass is 35.5. The molecule has 0 aliphatic heterocycles. The van der Waals surface area contributed by atoms with E-state index in [0.29, 0.717) is 5.02 Å². The highest BCUT2D eigenvalue weighted by Gasteiger charge is 2.31. The van der Waals surface area contributed by atoms with Gasteiger partial charge in [0.1, 0.15) is 5.82 Å². The number of hydrogen-bond acceptors (Lipinski definition) is 2. The van der Waals surface area contributed by atoms with Gasteiger partial charge in [-0.05, 0) is 38.3 Å². The van der Waals surface area contributed by atoms with Crippen molar-refractivity contribution in [1.29, 1.82) is 0 Å². The maximum atomic E-state index is 5.74. The quantitative estimate of drug-likeness (QED) is 0.787. The summed E-state index contributed by atoms with van der Waals surface area (Å²) >= 11 is 5.74. The minimum atomic E-state index is 0.265. The smallest absolute Gasteiger partial charge is 0.126 e. The van der Waals surface area contributed by atoms with Gasteiger partial charge in [0.05, 0.1) is 5.02 Å². The number of aromatic nitrogens is 1. The molecule has 13 heavy (non-hydrogen) atoms. The van der Waals surface area contributed by atoms with E-state index in [1.165, 1.54) is 19.3 Å². The highest BCUT2D eigenvalue weighted by Crippen LogP contribution is 2.34. The van der Waals surface area contributed by atoms with E-state index in [0.717, 1.165) is 5.82 Å². The molecule has 0 unspecified atom stereocenters. The lowest BCUT2D eigenvalue weighted by atomic mass is 9.78. The predicted molar refractivity (Wildman–Crippen MR) is 55.1 cm³/mol. The number of hydrogen-bond donors (Lipinski definition) is 1. The number of nitrogens with zero attached hydrogens (tertiary/aromatic N) is 1. The Morgan fingerprint density at radius 3 is 2.69 bits per heavy atom. The molecule has 0 aromatic carbocycles. The van der Waals surface area contributed by atoms with Crippen molar-refractivity contribution in [3.63, 3.8) is 0 Å². The predicted octanol–water partition coefficient (Wildman–Crippen LogP) is 3.09. The van der Waals surface area contributed by atoms with E-state index < -0.39 is 0 Å². The van der Waals surface area contributed by atoms with Crippen LogP contribution in [0.5, 0.6) is 0 Å². The van der Waals surface area contributed by atoms with E-state index in [9.17, 15) is 0 Å². The fraction of sp³-hybridized carbons (Fsp3) is 0.500. The fourth-order valence-corrected chi connectivity index (χ4v) is 1.70. The third-order valence-electron chi connectivity index (χ3n) is 2.61. The Bertz CT molecular complexity index is 290. The molecule has 1 aliphatic rings. The first-order valence-electron chi connectivity index (χ1n) is 4.58. The second-order valence-electron chi connectivity index (χ2n) is 3.90. The van der Waals surface area contributed by atoms with Crippen LogP contribution >= 0.6 is 11.6 Å². The van der Waals surface area contributed by atoms with Crippen LogP contribution in [0.3, 0.4) is 0 Å². The van der Waals surface area contributed by atoms with Crippen LogP contribution < -0.4 is 5.32 Å². The molecule has 2 nitrogen and oxygen atoms in total. The molecule has 0 radical (unpaired) electrons. The number of anilines is 1. The Morgan fingerprint density at radius 2 is 2.23 bits per heavy atom. The van der Waals surface area contributed by atoms with Gasteiger partial charge in [-0.2, -0.15) is 0 Å². The van der Waals surface area contributed by atoms with E-state index >= 15 is 0 Å². The first-order chi connectivity index (χ1) is 6.18. The summed E-state index contributed by atoms with van der Waals surface area (Å²) in [5, 5.41) is 4.10. The van der Waals surface area contributed by atoms with Gasteiger partial charge in [0, 0.05) is 11.7 Å². The fourth-order valence-electron chi connectivity index (χ4n) is 1.59. The van der Waals surface area contributed by atoms with Gasteiger partial charge in [-0.25, -0.2) is 4.98 Å². The molecule has 0 spiro atoms. The lowest BCUT2D eigenvalue weighted by Crippen LogP contribution is -2.41. The monoisotopic (exact) mass is 196 g/mol. The lowest BCUT2D eigenvalue weighted by molar-refractivity contribution is 0.306. The molecule has 2 rings (SSSR count). The Balaban J connectivity index is 2.05. The molecule has 1 aromatic heterocycles. The highest BCUT2D eigenvalue weighted by molar-refractivity contribution is 6.30. The zero-order valence-corrected chi connectivity index (χ0v) is 8.43. The SMILES string of the molecule is CC1(Nc2ccc(Cl)cn2)CCC1. The van der Waals surface area contributed by atoms with Crippen LogP contribution in [0.25, 0.3) is 0 Å². The minimum absolute atomic E-state index is 0.265. The summed E-state index contributed by atoms with van der Waals surface area (Å²) in [4.78, 5) is 4.20. The van der Waals surface area contributed by atoms with Crippen LogP contribution in [0.4, 0.5) is 5.82 Å². The molecular formula is C10H13ClN2. The summed E-state index contributed by atoms with van der Waals surface area (Å²) in [6, 6.07) is 3.78. The largest absolute Gasteiger partial charge is 0.365 e. The third kappa shape index (κ3) is 1.94. The zero-order chi connectivity index (χ0) is 9.31. The van der Waals surface area contributed by atoms with Crippen LogP contribution in [0.15, 0.2) is 18.3 Å². The molecule has 0 amide bonds. The van der Waals surface area contributed by atoms with E-state index in [1.807, 2.05) is 12.1 Å². The van der Waals surface area contributed by atoms with Crippen molar-refractivity contribution < 1.29 is 0 Å². The summed E-state index contributed by atoms with van der Waals surface area (Å²) < 4.78 is 0. The molecule has 70 valence electrons. The Labute approximate surface area is 83.3 Å². The Kier molecular flexibility index (Phi) is 2.16. The summed E-state index contributed by atoms with van der Waals surface area (Å²) in [7, 11) is 0. The summed E-state index contributed by atoms with van der Waals surface area (Å²) in [6.07, 6.45) is 5.46. The van der Waals surface area contributed by atoms with Crippen LogP contribution in [-0.2, 0) is 0 Å². The van der Waals surface area contributed by atoms with Crippen molar-refractivity contribution in [1.82, 2.24) is 4.98 Å². The molecule has 1 fully saturated rings. The van der Waals surface area contributed by atoms with Crippen LogP contribution in [0, 0.1) is 0 Å². The van der Waals surface area contributed by atoms with Crippen molar-refractivity contribution >= 4 is 17.4 Å². The maximum absolute atomic E-state index is 5.74. The molecule has 1 N–H and O–H groups in total. The number of rotatable bonds is 2. The average molecular weight is 197 g/mol. The first kappa shape index (κ1) is 8.82. The number of nitrogens with one attached hydrogen (secondary N) is 1. The second-order valence-corrected chi connectivity index (χ2v) is 4.34. The summed E-state index contributed by atoms with van der Waals surface area (Å²) in [5.41, 5.74) is 0.265. The standard InChI is InChI=1S/C10H13ClN2/c1-10(5-2-6-10)13-9-4-3-8(11)7-12-9/h3-4,7H,2,5-6H2,1H3,(H,12,13). The lowest BCUT2D eigenvalue weighted by Gasteiger charge is -2.39. The summed E-state index contributed by atoms with van der Waals surface area (Å²) in [5.74, 6) is 0.923. The van der Waals surface area contributed by atoms with Gasteiger partial charge in [-0.1, -0.05) is 11.6 Å². The molecule has 0 bridgehead atoms. The second kappa shape index (κ2) is 3.18. The van der Waals surface area contributed by atoms with Crippen molar-refractivity contribution in [2.24, 2.45) is 0 Å². The van der Waals surface area contributed by atoms with E-state index in [1.54, 1.807) is 6.20 Å². The Morgan fingerprint density at radius 1 is 1.46 bits per heavy atom. The van der Waals surface area contributed by atoms with Gasteiger partial charge >= 0.3 is 0 Å². The van der Waals surface area contributed by atoms with E-state index in [2.05, 4.69) is 17.2 Å². The van der Waals surface area contributed by atoms with Crippen LogP contribution in [-0.4, -0.2) is 10.5 Å². The van der Waals surface area contributed by atoms with Gasteiger partial charge < -0.3 is 5.32 Å².